The van der Waals surface area contributed by atoms with Crippen molar-refractivity contribution in [3.05, 3.63) is 94.2 Å². The van der Waals surface area contributed by atoms with E-state index in [1.165, 1.54) is 35.4 Å². The molecular formula is C35H36F4N6O8. The maximum absolute atomic E-state index is 15.2. The summed E-state index contributed by atoms with van der Waals surface area (Å²) in [6, 6.07) is 4.22. The van der Waals surface area contributed by atoms with Crippen LogP contribution in [0.5, 0.6) is 11.5 Å². The number of carbonyl (C=O) groups excluding carboxylic acids is 4. The third kappa shape index (κ3) is 9.78. The van der Waals surface area contributed by atoms with Gasteiger partial charge in [-0.15, -0.1) is 0 Å². The molecule has 2 aromatic heterocycles. The summed E-state index contributed by atoms with van der Waals surface area (Å²) >= 11 is 0. The van der Waals surface area contributed by atoms with Crippen molar-refractivity contribution < 1.29 is 51.0 Å². The second-order valence-corrected chi connectivity index (χ2v) is 12.6. The zero-order chi connectivity index (χ0) is 39.2. The molecule has 14 nitrogen and oxygen atoms in total. The van der Waals surface area contributed by atoms with E-state index >= 15 is 8.78 Å². The maximum atomic E-state index is 15.2. The number of halogens is 4. The molecule has 4 aromatic rings. The Hall–Kier alpha value is -6.20. The van der Waals surface area contributed by atoms with E-state index in [2.05, 4.69) is 20.4 Å². The highest BCUT2D eigenvalue weighted by molar-refractivity contribution is 5.96. The van der Waals surface area contributed by atoms with Crippen LogP contribution in [0.2, 0.25) is 0 Å². The average Bonchev–Trinajstić information content (AvgIpc) is 3.43. The number of benzene rings is 2. The molecule has 0 unspecified atom stereocenters. The Balaban J connectivity index is 1.73. The Morgan fingerprint density at radius 3 is 2.40 bits per heavy atom. The molecular weight excluding hydrogens is 708 g/mol. The largest absolute Gasteiger partial charge is 0.453 e. The maximum Gasteiger partial charge on any atom is 0.420 e. The molecule has 0 saturated heterocycles. The third-order valence-corrected chi connectivity index (χ3v) is 7.26. The summed E-state index contributed by atoms with van der Waals surface area (Å²) in [5, 5.41) is 4.82. The number of hydrogen-bond acceptors (Lipinski definition) is 9. The van der Waals surface area contributed by atoms with Gasteiger partial charge in [0.2, 0.25) is 17.6 Å². The molecule has 0 aliphatic rings. The van der Waals surface area contributed by atoms with E-state index < -0.39 is 82.1 Å². The number of hydrogen-bond donors (Lipinski definition) is 2. The molecule has 0 aliphatic carbocycles. The van der Waals surface area contributed by atoms with E-state index in [1.54, 1.807) is 34.9 Å². The number of amides is 3. The summed E-state index contributed by atoms with van der Waals surface area (Å²) in [7, 11) is 4.22. The Morgan fingerprint density at radius 1 is 1.04 bits per heavy atom. The minimum Gasteiger partial charge on any atom is -0.453 e. The normalized spacial score (nSPS) is 12.0. The quantitative estimate of drug-likeness (QED) is 0.150. The van der Waals surface area contributed by atoms with Crippen LogP contribution in [-0.2, 0) is 25.6 Å². The molecule has 2 aromatic carbocycles. The van der Waals surface area contributed by atoms with E-state index in [1.807, 2.05) is 0 Å². The molecule has 2 heterocycles. The Labute approximate surface area is 299 Å². The average molecular weight is 745 g/mol. The number of pyridine rings is 1. The van der Waals surface area contributed by atoms with E-state index in [0.29, 0.717) is 12.1 Å². The number of fused-ring (bicyclic) bond motifs is 1. The van der Waals surface area contributed by atoms with Crippen molar-refractivity contribution in [2.24, 2.45) is 0 Å². The van der Waals surface area contributed by atoms with Crippen molar-refractivity contribution >= 4 is 40.7 Å². The minimum absolute atomic E-state index is 0.0123. The van der Waals surface area contributed by atoms with E-state index in [0.717, 1.165) is 28.4 Å². The standard InChI is InChI=1S/C35H36F4N6O8/c1-35(2,3)53-34(50)45-24-17-21(38)28(39)30(52-25-14-13-19(36)16-20(25)37)29(24)42-26(45)18-44-15-9-11-23(32(44)48)40-31(47)22(41-33(49)51-6)10-7-8-12-27(46)43(4)5/h8-9,11-17,22H,7,10,18H2,1-6H3,(H,40,47)(H,41,49)/b12-8+/t22-/m0/s1. The predicted octanol–water partition coefficient (Wildman–Crippen LogP) is 5.47. The number of anilines is 1. The van der Waals surface area contributed by atoms with Gasteiger partial charge in [0.15, 0.2) is 23.1 Å². The van der Waals surface area contributed by atoms with Crippen LogP contribution in [0.3, 0.4) is 0 Å². The number of alkyl carbamates (subject to hydrolysis) is 1. The van der Waals surface area contributed by atoms with Crippen molar-refractivity contribution in [2.45, 2.75) is 51.8 Å². The minimum atomic E-state index is -1.60. The van der Waals surface area contributed by atoms with Crippen molar-refractivity contribution in [3.8, 4) is 11.5 Å². The van der Waals surface area contributed by atoms with Gasteiger partial charge in [0.25, 0.3) is 5.56 Å². The molecule has 0 radical (unpaired) electrons. The molecule has 18 heteroatoms. The number of methoxy groups -OCH3 is 1. The van der Waals surface area contributed by atoms with Crippen molar-refractivity contribution in [3.63, 3.8) is 0 Å². The third-order valence-electron chi connectivity index (χ3n) is 7.26. The molecule has 0 saturated carbocycles. The number of aromatic nitrogens is 3. The van der Waals surface area contributed by atoms with E-state index in [9.17, 15) is 32.8 Å². The number of nitrogens with one attached hydrogen (secondary N) is 2. The van der Waals surface area contributed by atoms with Gasteiger partial charge < -0.3 is 34.3 Å². The number of imidazole rings is 1. The number of likely N-dealkylation sites (N-methyl/N-ethyl adjacent to an activating group) is 1. The number of carbonyl (C=O) groups is 4. The lowest BCUT2D eigenvalue weighted by atomic mass is 10.1. The van der Waals surface area contributed by atoms with Crippen LogP contribution in [0.15, 0.2) is 59.5 Å². The molecule has 0 aliphatic heterocycles. The number of ether oxygens (including phenoxy) is 3. The predicted molar refractivity (Wildman–Crippen MR) is 183 cm³/mol. The summed E-state index contributed by atoms with van der Waals surface area (Å²) in [6.45, 7) is 4.11. The van der Waals surface area contributed by atoms with Gasteiger partial charge in [-0.2, -0.15) is 4.39 Å². The topological polar surface area (TPSA) is 163 Å². The van der Waals surface area contributed by atoms with Crippen LogP contribution in [0.25, 0.3) is 11.0 Å². The second-order valence-electron chi connectivity index (χ2n) is 12.6. The molecule has 4 rings (SSSR count). The van der Waals surface area contributed by atoms with Gasteiger partial charge in [-0.25, -0.2) is 32.3 Å². The summed E-state index contributed by atoms with van der Waals surface area (Å²) < 4.78 is 75.5. The Morgan fingerprint density at radius 2 is 1.75 bits per heavy atom. The molecule has 2 N–H and O–H groups in total. The van der Waals surface area contributed by atoms with Gasteiger partial charge >= 0.3 is 12.2 Å². The van der Waals surface area contributed by atoms with E-state index in [-0.39, 0.29) is 35.8 Å². The first-order valence-electron chi connectivity index (χ1n) is 15.9. The lowest BCUT2D eigenvalue weighted by Crippen LogP contribution is -2.44. The molecule has 0 bridgehead atoms. The van der Waals surface area contributed by atoms with Gasteiger partial charge in [0, 0.05) is 32.4 Å². The van der Waals surface area contributed by atoms with Crippen LogP contribution < -0.4 is 20.9 Å². The van der Waals surface area contributed by atoms with Crippen LogP contribution in [0.1, 0.15) is 39.4 Å². The molecule has 53 heavy (non-hydrogen) atoms. The van der Waals surface area contributed by atoms with Crippen molar-refractivity contribution in [1.82, 2.24) is 24.3 Å². The number of allylic oxidation sites excluding steroid dienone is 1. The smallest absolute Gasteiger partial charge is 0.420 e. The SMILES string of the molecule is COC(=O)N[C@@H](CC/C=C/C(=O)N(C)C)C(=O)Nc1cccn(Cc2nc3c(Oc4ccc(F)cc4F)c(F)c(F)cc3n2C(=O)OC(C)(C)C)c1=O. The first-order chi connectivity index (χ1) is 24.9. The zero-order valence-electron chi connectivity index (χ0n) is 29.5. The van der Waals surface area contributed by atoms with Crippen LogP contribution in [0, 0.1) is 23.3 Å². The van der Waals surface area contributed by atoms with Crippen molar-refractivity contribution in [1.29, 1.82) is 0 Å². The molecule has 282 valence electrons. The molecule has 0 spiro atoms. The van der Waals surface area contributed by atoms with E-state index in [4.69, 9.17) is 9.47 Å². The zero-order valence-corrected chi connectivity index (χ0v) is 29.5. The van der Waals surface area contributed by atoms with Gasteiger partial charge in [0.1, 0.15) is 34.5 Å². The van der Waals surface area contributed by atoms with Crippen molar-refractivity contribution in [2.75, 3.05) is 26.5 Å². The number of nitrogens with zero attached hydrogens (tertiary/aromatic N) is 4. The molecule has 3 amide bonds. The second kappa shape index (κ2) is 16.4. The summed E-state index contributed by atoms with van der Waals surface area (Å²) in [6.07, 6.45) is 2.25. The van der Waals surface area contributed by atoms with Gasteiger partial charge in [0.05, 0.1) is 19.2 Å². The lowest BCUT2D eigenvalue weighted by molar-refractivity contribution is -0.123. The number of rotatable bonds is 11. The Kier molecular flexibility index (Phi) is 12.3. The van der Waals surface area contributed by atoms with Crippen LogP contribution in [-0.4, -0.2) is 75.9 Å². The van der Waals surface area contributed by atoms with Gasteiger partial charge in [-0.05, 0) is 64.0 Å². The monoisotopic (exact) mass is 744 g/mol. The lowest BCUT2D eigenvalue weighted by Gasteiger charge is -2.20. The highest BCUT2D eigenvalue weighted by Crippen LogP contribution is 2.36. The Bertz CT molecular complexity index is 2140. The van der Waals surface area contributed by atoms with Gasteiger partial charge in [-0.3, -0.25) is 14.4 Å². The highest BCUT2D eigenvalue weighted by Gasteiger charge is 2.29. The first-order valence-corrected chi connectivity index (χ1v) is 15.9. The molecule has 0 fully saturated rings. The van der Waals surface area contributed by atoms with Crippen LogP contribution in [0.4, 0.5) is 32.8 Å². The summed E-state index contributed by atoms with van der Waals surface area (Å²) in [5.74, 6) is -8.31. The fourth-order valence-corrected chi connectivity index (χ4v) is 4.75. The fourth-order valence-electron chi connectivity index (χ4n) is 4.75. The van der Waals surface area contributed by atoms with Gasteiger partial charge in [-0.1, -0.05) is 6.08 Å². The summed E-state index contributed by atoms with van der Waals surface area (Å²) in [4.78, 5) is 69.8. The fraction of sp³-hybridized carbons (Fsp3) is 0.314. The summed E-state index contributed by atoms with van der Waals surface area (Å²) in [5.41, 5.74) is -3.02. The van der Waals surface area contributed by atoms with Crippen LogP contribution >= 0.6 is 0 Å². The first kappa shape index (κ1) is 39.6. The highest BCUT2D eigenvalue weighted by atomic mass is 19.2. The molecule has 1 atom stereocenters.